The van der Waals surface area contributed by atoms with Gasteiger partial charge in [0.25, 0.3) is 5.91 Å². The lowest BCUT2D eigenvalue weighted by atomic mass is 9.75. The smallest absolute Gasteiger partial charge is 0.325 e. The highest BCUT2D eigenvalue weighted by Crippen LogP contribution is 2.35. The van der Waals surface area contributed by atoms with Gasteiger partial charge in [0.1, 0.15) is 12.6 Å². The monoisotopic (exact) mass is 317 g/mol. The van der Waals surface area contributed by atoms with Crippen LogP contribution in [0.3, 0.4) is 0 Å². The van der Waals surface area contributed by atoms with Gasteiger partial charge in [0, 0.05) is 5.56 Å². The molecule has 1 aromatic carbocycles. The third-order valence-electron chi connectivity index (χ3n) is 4.67. The minimum Gasteiger partial charge on any atom is -0.461 e. The molecular formula is C19H27NO3. The quantitative estimate of drug-likeness (QED) is 0.847. The second kappa shape index (κ2) is 8.14. The number of hydrogen-bond acceptors (Lipinski definition) is 3. The Kier molecular flexibility index (Phi) is 6.20. The Morgan fingerprint density at radius 2 is 1.91 bits per heavy atom. The Balaban J connectivity index is 1.84. The van der Waals surface area contributed by atoms with Gasteiger partial charge in [0.2, 0.25) is 0 Å². The van der Waals surface area contributed by atoms with Gasteiger partial charge in [-0.25, -0.2) is 0 Å². The molecule has 1 aromatic rings. The Bertz CT molecular complexity index is 527. The summed E-state index contributed by atoms with van der Waals surface area (Å²) in [6, 6.07) is 8.88. The van der Waals surface area contributed by atoms with Gasteiger partial charge in [-0.05, 0) is 42.7 Å². The van der Waals surface area contributed by atoms with E-state index in [1.807, 2.05) is 6.07 Å². The van der Waals surface area contributed by atoms with Crippen LogP contribution in [0.15, 0.2) is 30.3 Å². The maximum Gasteiger partial charge on any atom is 0.325 e. The molecular weight excluding hydrogens is 290 g/mol. The molecule has 1 fully saturated rings. The summed E-state index contributed by atoms with van der Waals surface area (Å²) in [6.07, 6.45) is 3.19. The number of carbonyl (C=O) groups is 2. The fourth-order valence-corrected chi connectivity index (χ4v) is 3.30. The van der Waals surface area contributed by atoms with Crippen molar-refractivity contribution in [2.75, 3.05) is 6.54 Å². The molecule has 4 heteroatoms. The van der Waals surface area contributed by atoms with Crippen LogP contribution in [0.25, 0.3) is 0 Å². The van der Waals surface area contributed by atoms with Crippen molar-refractivity contribution in [2.45, 2.75) is 46.1 Å². The first-order chi connectivity index (χ1) is 11.0. The lowest BCUT2D eigenvalue weighted by Gasteiger charge is -2.36. The van der Waals surface area contributed by atoms with Crippen LogP contribution in [0.4, 0.5) is 0 Å². The lowest BCUT2D eigenvalue weighted by molar-refractivity contribution is -0.154. The third-order valence-corrected chi connectivity index (χ3v) is 4.67. The summed E-state index contributed by atoms with van der Waals surface area (Å²) < 4.78 is 5.67. The number of benzene rings is 1. The molecule has 0 spiro atoms. The van der Waals surface area contributed by atoms with Crippen molar-refractivity contribution in [3.8, 4) is 0 Å². The zero-order valence-corrected chi connectivity index (χ0v) is 14.2. The Labute approximate surface area is 138 Å². The zero-order valence-electron chi connectivity index (χ0n) is 14.2. The van der Waals surface area contributed by atoms with Gasteiger partial charge in [-0.3, -0.25) is 9.59 Å². The lowest BCUT2D eigenvalue weighted by Crippen LogP contribution is -2.39. The van der Waals surface area contributed by atoms with E-state index < -0.39 is 0 Å². The van der Waals surface area contributed by atoms with Crippen LogP contribution in [0.5, 0.6) is 0 Å². The predicted molar refractivity (Wildman–Crippen MR) is 90.0 cm³/mol. The Morgan fingerprint density at radius 3 is 2.57 bits per heavy atom. The molecule has 1 amide bonds. The van der Waals surface area contributed by atoms with Crippen LogP contribution >= 0.6 is 0 Å². The Hall–Kier alpha value is -1.84. The highest BCUT2D eigenvalue weighted by molar-refractivity contribution is 5.95. The number of amides is 1. The highest BCUT2D eigenvalue weighted by Gasteiger charge is 2.33. The van der Waals surface area contributed by atoms with Gasteiger partial charge >= 0.3 is 5.97 Å². The fourth-order valence-electron chi connectivity index (χ4n) is 3.30. The first-order valence-electron chi connectivity index (χ1n) is 8.50. The van der Waals surface area contributed by atoms with E-state index in [9.17, 15) is 9.59 Å². The van der Waals surface area contributed by atoms with Crippen molar-refractivity contribution in [3.05, 3.63) is 35.9 Å². The summed E-state index contributed by atoms with van der Waals surface area (Å²) in [5, 5.41) is 2.63. The van der Waals surface area contributed by atoms with Crippen LogP contribution in [0.2, 0.25) is 0 Å². The van der Waals surface area contributed by atoms with Crippen molar-refractivity contribution in [3.63, 3.8) is 0 Å². The molecule has 2 rings (SSSR count). The third kappa shape index (κ3) is 5.08. The minimum absolute atomic E-state index is 0.0279. The highest BCUT2D eigenvalue weighted by atomic mass is 16.5. The summed E-state index contributed by atoms with van der Waals surface area (Å²) >= 11 is 0. The molecule has 4 nitrogen and oxygen atoms in total. The van der Waals surface area contributed by atoms with Crippen LogP contribution in [0.1, 0.15) is 50.4 Å². The molecule has 0 saturated heterocycles. The van der Waals surface area contributed by atoms with Gasteiger partial charge in [-0.1, -0.05) is 45.4 Å². The number of ether oxygens (including phenoxy) is 1. The second-order valence-electron chi connectivity index (χ2n) is 6.90. The maximum absolute atomic E-state index is 12.1. The fraction of sp³-hybridized carbons (Fsp3) is 0.579. The van der Waals surface area contributed by atoms with E-state index in [0.717, 1.165) is 12.8 Å². The van der Waals surface area contributed by atoms with E-state index in [1.54, 1.807) is 24.3 Å². The van der Waals surface area contributed by atoms with Crippen molar-refractivity contribution in [1.82, 2.24) is 5.32 Å². The molecule has 0 bridgehead atoms. The van der Waals surface area contributed by atoms with Crippen LogP contribution in [0, 0.1) is 17.8 Å². The number of esters is 1. The number of carbonyl (C=O) groups excluding carboxylic acids is 2. The standard InChI is InChI=1S/C19H27NO3/c1-13(2)16-10-9-14(3)11-17(16)23-18(21)12-20-19(22)15-7-5-4-6-8-15/h4-8,13-14,16-17H,9-12H2,1-3H3,(H,20,22)/t14-,16+,17-/m1/s1. The van der Waals surface area contributed by atoms with E-state index >= 15 is 0 Å². The second-order valence-corrected chi connectivity index (χ2v) is 6.90. The normalized spacial score (nSPS) is 24.3. The van der Waals surface area contributed by atoms with Crippen LogP contribution in [-0.4, -0.2) is 24.5 Å². The van der Waals surface area contributed by atoms with E-state index in [-0.39, 0.29) is 24.5 Å². The van der Waals surface area contributed by atoms with Crippen molar-refractivity contribution in [2.24, 2.45) is 17.8 Å². The first kappa shape index (κ1) is 17.5. The van der Waals surface area contributed by atoms with Crippen LogP contribution in [-0.2, 0) is 9.53 Å². The molecule has 1 aliphatic rings. The molecule has 1 aliphatic carbocycles. The predicted octanol–water partition coefficient (Wildman–Crippen LogP) is 3.42. The minimum atomic E-state index is -0.348. The van der Waals surface area contributed by atoms with E-state index in [1.165, 1.54) is 6.42 Å². The molecule has 0 aliphatic heterocycles. The average Bonchev–Trinajstić information content (AvgIpc) is 2.53. The van der Waals surface area contributed by atoms with Crippen LogP contribution < -0.4 is 5.32 Å². The molecule has 1 N–H and O–H groups in total. The summed E-state index contributed by atoms with van der Waals surface area (Å²) in [5.41, 5.74) is 0.548. The first-order valence-corrected chi connectivity index (χ1v) is 8.50. The van der Waals surface area contributed by atoms with E-state index in [4.69, 9.17) is 4.74 Å². The molecule has 0 unspecified atom stereocenters. The molecule has 0 aromatic heterocycles. The van der Waals surface area contributed by atoms with Gasteiger partial charge in [-0.2, -0.15) is 0 Å². The molecule has 3 atom stereocenters. The van der Waals surface area contributed by atoms with E-state index in [0.29, 0.717) is 23.3 Å². The van der Waals surface area contributed by atoms with Gasteiger partial charge in [-0.15, -0.1) is 0 Å². The summed E-state index contributed by atoms with van der Waals surface area (Å²) in [6.45, 7) is 6.48. The topological polar surface area (TPSA) is 55.4 Å². The number of hydrogen-bond donors (Lipinski definition) is 1. The van der Waals surface area contributed by atoms with Gasteiger partial charge in [0.05, 0.1) is 0 Å². The largest absolute Gasteiger partial charge is 0.461 e. The zero-order chi connectivity index (χ0) is 16.8. The molecule has 1 saturated carbocycles. The van der Waals surface area contributed by atoms with Gasteiger partial charge < -0.3 is 10.1 Å². The van der Waals surface area contributed by atoms with Gasteiger partial charge in [0.15, 0.2) is 0 Å². The van der Waals surface area contributed by atoms with E-state index in [2.05, 4.69) is 26.1 Å². The van der Waals surface area contributed by atoms with Crippen molar-refractivity contribution >= 4 is 11.9 Å². The number of rotatable bonds is 5. The Morgan fingerprint density at radius 1 is 1.22 bits per heavy atom. The average molecular weight is 317 g/mol. The van der Waals surface area contributed by atoms with Crippen molar-refractivity contribution < 1.29 is 14.3 Å². The molecule has 0 heterocycles. The maximum atomic E-state index is 12.1. The summed E-state index contributed by atoms with van der Waals surface area (Å²) in [5.74, 6) is 0.903. The summed E-state index contributed by atoms with van der Waals surface area (Å²) in [7, 11) is 0. The molecule has 23 heavy (non-hydrogen) atoms. The summed E-state index contributed by atoms with van der Waals surface area (Å²) in [4.78, 5) is 24.0. The molecule has 126 valence electrons. The van der Waals surface area contributed by atoms with Crippen molar-refractivity contribution in [1.29, 1.82) is 0 Å². The SMILES string of the molecule is CC(C)[C@@H]1CC[C@@H](C)C[C@H]1OC(=O)CNC(=O)c1ccccc1. The number of nitrogens with one attached hydrogen (secondary N) is 1. The molecule has 0 radical (unpaired) electrons.